The van der Waals surface area contributed by atoms with Gasteiger partial charge in [0.2, 0.25) is 11.8 Å². The van der Waals surface area contributed by atoms with E-state index < -0.39 is 6.04 Å². The van der Waals surface area contributed by atoms with E-state index in [1.54, 1.807) is 4.90 Å². The lowest BCUT2D eigenvalue weighted by Crippen LogP contribution is -2.52. The first-order valence-electron chi connectivity index (χ1n) is 9.32. The second kappa shape index (κ2) is 8.37. The summed E-state index contributed by atoms with van der Waals surface area (Å²) in [7, 11) is 0. The van der Waals surface area contributed by atoms with Crippen LogP contribution in [0.3, 0.4) is 0 Å². The van der Waals surface area contributed by atoms with Gasteiger partial charge < -0.3 is 15.5 Å². The highest BCUT2D eigenvalue weighted by Crippen LogP contribution is 2.28. The lowest BCUT2D eigenvalue weighted by Gasteiger charge is -2.29. The van der Waals surface area contributed by atoms with E-state index >= 15 is 0 Å². The Morgan fingerprint density at radius 2 is 1.89 bits per heavy atom. The Hall–Kier alpha value is -1.96. The molecule has 27 heavy (non-hydrogen) atoms. The molecule has 4 rings (SSSR count). The molecule has 3 aliphatic heterocycles. The molecule has 3 amide bonds. The molecular formula is C19H25ClN4O3. The summed E-state index contributed by atoms with van der Waals surface area (Å²) in [4.78, 5) is 37.7. The highest BCUT2D eigenvalue weighted by molar-refractivity contribution is 6.05. The van der Waals surface area contributed by atoms with Crippen LogP contribution in [-0.4, -0.2) is 47.8 Å². The number of carbonyl (C=O) groups is 3. The minimum atomic E-state index is -0.552. The molecule has 3 aliphatic rings. The van der Waals surface area contributed by atoms with Crippen molar-refractivity contribution in [3.05, 3.63) is 34.9 Å². The smallest absolute Gasteiger partial charge is 0.255 e. The molecule has 3 heterocycles. The number of hydrogen-bond donors (Lipinski definition) is 3. The summed E-state index contributed by atoms with van der Waals surface area (Å²) in [6.07, 6.45) is 2.94. The van der Waals surface area contributed by atoms with E-state index in [9.17, 15) is 14.4 Å². The number of piperidine rings is 2. The Balaban J connectivity index is 0.00000210. The van der Waals surface area contributed by atoms with Crippen LogP contribution in [-0.2, 0) is 22.7 Å². The fourth-order valence-electron chi connectivity index (χ4n) is 4.03. The molecule has 0 radical (unpaired) electrons. The van der Waals surface area contributed by atoms with Crippen molar-refractivity contribution in [2.75, 3.05) is 13.1 Å². The maximum atomic E-state index is 12.7. The van der Waals surface area contributed by atoms with Crippen LogP contribution in [0.5, 0.6) is 0 Å². The summed E-state index contributed by atoms with van der Waals surface area (Å²) < 4.78 is 0. The SMILES string of the molecule is Cl.O=C1CCC(N2Cc3cc(CNC4CCNCC4)ccc3C2=O)C(=O)N1. The number of halogens is 1. The van der Waals surface area contributed by atoms with Crippen molar-refractivity contribution in [1.29, 1.82) is 0 Å². The molecule has 0 aliphatic carbocycles. The van der Waals surface area contributed by atoms with Crippen molar-refractivity contribution >= 4 is 30.1 Å². The molecule has 0 bridgehead atoms. The van der Waals surface area contributed by atoms with Gasteiger partial charge in [-0.1, -0.05) is 12.1 Å². The Labute approximate surface area is 164 Å². The third-order valence-corrected chi connectivity index (χ3v) is 5.52. The monoisotopic (exact) mass is 392 g/mol. The second-order valence-corrected chi connectivity index (χ2v) is 7.30. The van der Waals surface area contributed by atoms with Gasteiger partial charge >= 0.3 is 0 Å². The number of fused-ring (bicyclic) bond motifs is 1. The predicted octanol–water partition coefficient (Wildman–Crippen LogP) is 0.711. The number of amides is 3. The Morgan fingerprint density at radius 3 is 2.63 bits per heavy atom. The number of nitrogens with one attached hydrogen (secondary N) is 3. The van der Waals surface area contributed by atoms with Gasteiger partial charge in [-0.05, 0) is 49.5 Å². The zero-order valence-corrected chi connectivity index (χ0v) is 15.9. The minimum absolute atomic E-state index is 0. The van der Waals surface area contributed by atoms with Crippen LogP contribution in [0.1, 0.15) is 47.2 Å². The van der Waals surface area contributed by atoms with Gasteiger partial charge in [-0.15, -0.1) is 12.4 Å². The summed E-state index contributed by atoms with van der Waals surface area (Å²) in [6, 6.07) is 5.89. The molecule has 1 atom stereocenters. The Kier molecular flexibility index (Phi) is 6.14. The summed E-state index contributed by atoms with van der Waals surface area (Å²) in [6.45, 7) is 3.32. The number of imide groups is 1. The highest BCUT2D eigenvalue weighted by atomic mass is 35.5. The van der Waals surface area contributed by atoms with E-state index in [1.165, 1.54) is 0 Å². The van der Waals surface area contributed by atoms with Crippen LogP contribution in [0.4, 0.5) is 0 Å². The van der Waals surface area contributed by atoms with Crippen LogP contribution >= 0.6 is 12.4 Å². The van der Waals surface area contributed by atoms with E-state index in [4.69, 9.17) is 0 Å². The predicted molar refractivity (Wildman–Crippen MR) is 102 cm³/mol. The van der Waals surface area contributed by atoms with Gasteiger partial charge in [0.25, 0.3) is 5.91 Å². The molecule has 2 saturated heterocycles. The first kappa shape index (κ1) is 19.8. The van der Waals surface area contributed by atoms with Crippen molar-refractivity contribution in [1.82, 2.24) is 20.9 Å². The van der Waals surface area contributed by atoms with Crippen molar-refractivity contribution in [2.24, 2.45) is 0 Å². The van der Waals surface area contributed by atoms with Crippen LogP contribution in [0, 0.1) is 0 Å². The van der Waals surface area contributed by atoms with Gasteiger partial charge in [0, 0.05) is 31.1 Å². The molecule has 8 heteroatoms. The maximum Gasteiger partial charge on any atom is 0.255 e. The molecule has 0 saturated carbocycles. The third-order valence-electron chi connectivity index (χ3n) is 5.52. The number of nitrogens with zero attached hydrogens (tertiary/aromatic N) is 1. The molecule has 3 N–H and O–H groups in total. The lowest BCUT2D eigenvalue weighted by atomic mass is 10.0. The first-order chi connectivity index (χ1) is 12.6. The summed E-state index contributed by atoms with van der Waals surface area (Å²) in [5, 5.41) is 9.28. The number of hydrogen-bond acceptors (Lipinski definition) is 5. The highest BCUT2D eigenvalue weighted by Gasteiger charge is 2.39. The summed E-state index contributed by atoms with van der Waals surface area (Å²) >= 11 is 0. The van der Waals surface area contributed by atoms with Crippen molar-refractivity contribution in [3.8, 4) is 0 Å². The van der Waals surface area contributed by atoms with Gasteiger partial charge in [-0.2, -0.15) is 0 Å². The van der Waals surface area contributed by atoms with Gasteiger partial charge in [0.15, 0.2) is 0 Å². The van der Waals surface area contributed by atoms with E-state index in [-0.39, 0.29) is 36.5 Å². The molecule has 1 aromatic carbocycles. The zero-order valence-electron chi connectivity index (χ0n) is 15.1. The number of carbonyl (C=O) groups excluding carboxylic acids is 3. The van der Waals surface area contributed by atoms with Crippen LogP contribution in [0.2, 0.25) is 0 Å². The topological polar surface area (TPSA) is 90.5 Å². The molecule has 0 spiro atoms. The van der Waals surface area contributed by atoms with E-state index in [1.807, 2.05) is 12.1 Å². The minimum Gasteiger partial charge on any atom is -0.322 e. The van der Waals surface area contributed by atoms with E-state index in [0.717, 1.165) is 43.6 Å². The van der Waals surface area contributed by atoms with Gasteiger partial charge in [-0.25, -0.2) is 0 Å². The number of benzene rings is 1. The van der Waals surface area contributed by atoms with Gasteiger partial charge in [-0.3, -0.25) is 19.7 Å². The molecule has 1 aromatic rings. The molecule has 0 aromatic heterocycles. The standard InChI is InChI=1S/C19H24N4O3.ClH/c24-17-4-3-16(18(25)22-17)23-11-13-9-12(1-2-15(13)19(23)26)10-21-14-5-7-20-8-6-14;/h1-2,9,14,16,20-21H,3-8,10-11H2,(H,22,24,25);1H. The third kappa shape index (κ3) is 4.15. The zero-order chi connectivity index (χ0) is 18.1. The van der Waals surface area contributed by atoms with Crippen LogP contribution in [0.25, 0.3) is 0 Å². The van der Waals surface area contributed by atoms with Gasteiger partial charge in [0.1, 0.15) is 6.04 Å². The van der Waals surface area contributed by atoms with Crippen LogP contribution in [0.15, 0.2) is 18.2 Å². The Morgan fingerprint density at radius 1 is 1.11 bits per heavy atom. The van der Waals surface area contributed by atoms with Crippen LogP contribution < -0.4 is 16.0 Å². The Bertz CT molecular complexity index is 748. The van der Waals surface area contributed by atoms with E-state index in [2.05, 4.69) is 22.0 Å². The van der Waals surface area contributed by atoms with Gasteiger partial charge in [0.05, 0.1) is 0 Å². The largest absolute Gasteiger partial charge is 0.322 e. The lowest BCUT2D eigenvalue weighted by molar-refractivity contribution is -0.136. The van der Waals surface area contributed by atoms with Crippen molar-refractivity contribution < 1.29 is 14.4 Å². The summed E-state index contributed by atoms with van der Waals surface area (Å²) in [5.41, 5.74) is 2.78. The quantitative estimate of drug-likeness (QED) is 0.656. The second-order valence-electron chi connectivity index (χ2n) is 7.30. The fourth-order valence-corrected chi connectivity index (χ4v) is 4.03. The molecule has 146 valence electrons. The maximum absolute atomic E-state index is 12.7. The fraction of sp³-hybridized carbons (Fsp3) is 0.526. The average Bonchev–Trinajstić information content (AvgIpc) is 2.97. The first-order valence-corrected chi connectivity index (χ1v) is 9.32. The average molecular weight is 393 g/mol. The molecule has 2 fully saturated rings. The number of rotatable bonds is 4. The summed E-state index contributed by atoms with van der Waals surface area (Å²) in [5.74, 6) is -0.746. The van der Waals surface area contributed by atoms with Crippen molar-refractivity contribution in [2.45, 2.75) is 50.9 Å². The normalized spacial score (nSPS) is 23.0. The van der Waals surface area contributed by atoms with Crippen molar-refractivity contribution in [3.63, 3.8) is 0 Å². The molecule has 7 nitrogen and oxygen atoms in total. The molecular weight excluding hydrogens is 368 g/mol. The molecule has 1 unspecified atom stereocenters. The van der Waals surface area contributed by atoms with E-state index in [0.29, 0.717) is 24.6 Å².